The number of thioether (sulfide) groups is 1. The Morgan fingerprint density at radius 3 is 2.30 bits per heavy atom. The van der Waals surface area contributed by atoms with Gasteiger partial charge in [-0.25, -0.2) is 4.79 Å². The second-order valence-corrected chi connectivity index (χ2v) is 7.54. The third kappa shape index (κ3) is 2.40. The third-order valence-electron chi connectivity index (χ3n) is 3.31. The van der Waals surface area contributed by atoms with E-state index in [1.54, 1.807) is 27.7 Å². The molecule has 1 saturated heterocycles. The zero-order valence-corrected chi connectivity index (χ0v) is 14.9. The molecule has 2 unspecified atom stereocenters. The number of rotatable bonds is 4. The van der Waals surface area contributed by atoms with Gasteiger partial charge in [0, 0.05) is 0 Å². The first kappa shape index (κ1) is 17.5. The number of hydrogen-bond donors (Lipinski definition) is 1. The molecule has 114 valence electrons. The molecular weight excluding hydrogens is 346 g/mol. The standard InChI is InChI=1S/C13H20BrNO4S/c1-7(2)8(9(16)19-5)15-10(17)13(14,11(15)20-6)12(3,4)18/h11,18H,1-6H3. The van der Waals surface area contributed by atoms with Crippen molar-refractivity contribution in [1.82, 2.24) is 4.90 Å². The van der Waals surface area contributed by atoms with Crippen LogP contribution >= 0.6 is 27.7 Å². The predicted molar refractivity (Wildman–Crippen MR) is 82.5 cm³/mol. The van der Waals surface area contributed by atoms with Gasteiger partial charge in [0.25, 0.3) is 5.91 Å². The number of β-lactam (4-membered cyclic amide) rings is 1. The first-order valence-corrected chi connectivity index (χ1v) is 8.15. The fourth-order valence-corrected chi connectivity index (χ4v) is 4.27. The largest absolute Gasteiger partial charge is 0.464 e. The molecule has 1 aliphatic rings. The number of hydrogen-bond acceptors (Lipinski definition) is 5. The molecule has 0 aromatic carbocycles. The van der Waals surface area contributed by atoms with Gasteiger partial charge in [-0.3, -0.25) is 9.69 Å². The number of methoxy groups -OCH3 is 1. The lowest BCUT2D eigenvalue weighted by Crippen LogP contribution is -2.76. The van der Waals surface area contributed by atoms with Crippen LogP contribution in [0.1, 0.15) is 27.7 Å². The maximum atomic E-state index is 12.5. The summed E-state index contributed by atoms with van der Waals surface area (Å²) >= 11 is 4.76. The van der Waals surface area contributed by atoms with Gasteiger partial charge in [0.15, 0.2) is 4.32 Å². The highest BCUT2D eigenvalue weighted by atomic mass is 79.9. The first-order chi connectivity index (χ1) is 9.03. The Morgan fingerprint density at radius 1 is 1.50 bits per heavy atom. The van der Waals surface area contributed by atoms with Crippen molar-refractivity contribution < 1.29 is 19.4 Å². The van der Waals surface area contributed by atoms with E-state index in [-0.39, 0.29) is 17.0 Å². The Bertz CT molecular complexity index is 467. The molecule has 0 bridgehead atoms. The van der Waals surface area contributed by atoms with Gasteiger partial charge in [-0.2, -0.15) is 0 Å². The van der Waals surface area contributed by atoms with Gasteiger partial charge in [0.2, 0.25) is 0 Å². The average molecular weight is 366 g/mol. The molecule has 20 heavy (non-hydrogen) atoms. The molecule has 5 nitrogen and oxygen atoms in total. The molecule has 0 radical (unpaired) electrons. The molecule has 7 heteroatoms. The molecule has 0 aliphatic carbocycles. The number of likely N-dealkylation sites (tertiary alicyclic amines) is 1. The summed E-state index contributed by atoms with van der Waals surface area (Å²) in [5.41, 5.74) is -0.331. The Hall–Kier alpha value is -0.530. The SMILES string of the molecule is COC(=O)C(=C(C)C)N1C(=O)C(Br)(C(C)(C)O)C1SC. The molecule has 0 aromatic heterocycles. The van der Waals surface area contributed by atoms with E-state index in [2.05, 4.69) is 15.9 Å². The fourth-order valence-electron chi connectivity index (χ4n) is 2.19. The monoisotopic (exact) mass is 365 g/mol. The van der Waals surface area contributed by atoms with Crippen LogP contribution in [-0.2, 0) is 14.3 Å². The number of carbonyl (C=O) groups is 2. The van der Waals surface area contributed by atoms with Crippen molar-refractivity contribution in [2.24, 2.45) is 0 Å². The van der Waals surface area contributed by atoms with Gasteiger partial charge in [0.05, 0.1) is 12.7 Å². The van der Waals surface area contributed by atoms with Gasteiger partial charge >= 0.3 is 5.97 Å². The van der Waals surface area contributed by atoms with Crippen molar-refractivity contribution in [3.05, 3.63) is 11.3 Å². The lowest BCUT2D eigenvalue weighted by Gasteiger charge is -2.56. The second-order valence-electron chi connectivity index (χ2n) is 5.37. The number of aliphatic hydroxyl groups is 1. The molecule has 1 amide bonds. The van der Waals surface area contributed by atoms with Crippen LogP contribution in [0.3, 0.4) is 0 Å². The highest BCUT2D eigenvalue weighted by molar-refractivity contribution is 9.10. The van der Waals surface area contributed by atoms with Crippen LogP contribution in [0.5, 0.6) is 0 Å². The Balaban J connectivity index is 3.28. The maximum absolute atomic E-state index is 12.5. The summed E-state index contributed by atoms with van der Waals surface area (Å²) in [6, 6.07) is 0. The molecule has 1 N–H and O–H groups in total. The first-order valence-electron chi connectivity index (χ1n) is 6.07. The van der Waals surface area contributed by atoms with Gasteiger partial charge in [0.1, 0.15) is 11.1 Å². The van der Waals surface area contributed by atoms with Crippen LogP contribution in [0, 0.1) is 0 Å². The van der Waals surface area contributed by atoms with E-state index in [0.717, 1.165) is 0 Å². The third-order valence-corrected chi connectivity index (χ3v) is 6.37. The number of nitrogens with zero attached hydrogens (tertiary/aromatic N) is 1. The summed E-state index contributed by atoms with van der Waals surface area (Å²) in [6.07, 6.45) is 1.83. The highest BCUT2D eigenvalue weighted by Gasteiger charge is 2.67. The Kier molecular flexibility index (Phi) is 4.99. The van der Waals surface area contributed by atoms with E-state index >= 15 is 0 Å². The summed E-state index contributed by atoms with van der Waals surface area (Å²) in [5.74, 6) is -0.895. The van der Waals surface area contributed by atoms with Crippen molar-refractivity contribution in [2.45, 2.75) is 43.0 Å². The molecule has 0 saturated carbocycles. The van der Waals surface area contributed by atoms with Crippen molar-refractivity contribution in [3.63, 3.8) is 0 Å². The summed E-state index contributed by atoms with van der Waals surface area (Å²) in [7, 11) is 1.28. The fraction of sp³-hybridized carbons (Fsp3) is 0.692. The normalized spacial score (nSPS) is 26.1. The molecule has 1 heterocycles. The average Bonchev–Trinajstić information content (AvgIpc) is 2.35. The topological polar surface area (TPSA) is 66.8 Å². The van der Waals surface area contributed by atoms with Gasteiger partial charge < -0.3 is 9.84 Å². The summed E-state index contributed by atoms with van der Waals surface area (Å²) in [4.78, 5) is 25.8. The lowest BCUT2D eigenvalue weighted by atomic mass is 9.82. The molecule has 1 aliphatic heterocycles. The van der Waals surface area contributed by atoms with E-state index in [1.165, 1.54) is 23.8 Å². The molecule has 1 fully saturated rings. The minimum absolute atomic E-state index is 0.233. The number of allylic oxidation sites excluding steroid dienone is 1. The van der Waals surface area contributed by atoms with Crippen LogP contribution in [0.4, 0.5) is 0 Å². The minimum atomic E-state index is -1.25. The van der Waals surface area contributed by atoms with Crippen molar-refractivity contribution in [3.8, 4) is 0 Å². The summed E-state index contributed by atoms with van der Waals surface area (Å²) < 4.78 is 3.63. The predicted octanol–water partition coefficient (Wildman–Crippen LogP) is 1.89. The van der Waals surface area contributed by atoms with Crippen LogP contribution in [0.25, 0.3) is 0 Å². The molecule has 1 rings (SSSR count). The number of esters is 1. The lowest BCUT2D eigenvalue weighted by molar-refractivity contribution is -0.159. The van der Waals surface area contributed by atoms with E-state index in [1.807, 2.05) is 6.26 Å². The smallest absolute Gasteiger partial charge is 0.354 e. The maximum Gasteiger partial charge on any atom is 0.354 e. The number of halogens is 1. The van der Waals surface area contributed by atoms with Crippen LogP contribution in [-0.4, -0.2) is 50.5 Å². The molecular formula is C13H20BrNO4S. The zero-order valence-electron chi connectivity index (χ0n) is 12.5. The van der Waals surface area contributed by atoms with E-state index in [9.17, 15) is 14.7 Å². The highest BCUT2D eigenvalue weighted by Crippen LogP contribution is 2.52. The minimum Gasteiger partial charge on any atom is -0.464 e. The van der Waals surface area contributed by atoms with Gasteiger partial charge in [-0.15, -0.1) is 11.8 Å². The van der Waals surface area contributed by atoms with Crippen molar-refractivity contribution in [2.75, 3.05) is 13.4 Å². The number of alkyl halides is 1. The van der Waals surface area contributed by atoms with Gasteiger partial charge in [-0.1, -0.05) is 15.9 Å². The quantitative estimate of drug-likeness (QED) is 0.356. The summed E-state index contributed by atoms with van der Waals surface area (Å²) in [5, 5.41) is 9.87. The van der Waals surface area contributed by atoms with Crippen molar-refractivity contribution >= 4 is 39.6 Å². The summed E-state index contributed by atoms with van der Waals surface area (Å²) in [6.45, 7) is 6.63. The van der Waals surface area contributed by atoms with Gasteiger partial charge in [-0.05, 0) is 39.5 Å². The number of ether oxygens (including phenoxy) is 1. The Morgan fingerprint density at radius 2 is 2.00 bits per heavy atom. The zero-order chi connectivity index (χ0) is 15.9. The van der Waals surface area contributed by atoms with Crippen molar-refractivity contribution in [1.29, 1.82) is 0 Å². The van der Waals surface area contributed by atoms with E-state index in [4.69, 9.17) is 4.74 Å². The van der Waals surface area contributed by atoms with E-state index < -0.39 is 15.9 Å². The molecule has 0 aromatic rings. The van der Waals surface area contributed by atoms with Crippen LogP contribution in [0.15, 0.2) is 11.3 Å². The van der Waals surface area contributed by atoms with Crippen LogP contribution < -0.4 is 0 Å². The second kappa shape index (κ2) is 5.69. The number of carbonyl (C=O) groups excluding carboxylic acids is 2. The van der Waals surface area contributed by atoms with E-state index in [0.29, 0.717) is 5.57 Å². The molecule has 2 atom stereocenters. The van der Waals surface area contributed by atoms with Crippen LogP contribution in [0.2, 0.25) is 0 Å². The Labute approximate surface area is 131 Å². The molecule has 0 spiro atoms. The number of amides is 1.